The van der Waals surface area contributed by atoms with Gasteiger partial charge < -0.3 is 25.0 Å². The second-order valence-electron chi connectivity index (χ2n) is 10.7. The van der Waals surface area contributed by atoms with Crippen molar-refractivity contribution in [1.29, 1.82) is 0 Å². The average Bonchev–Trinajstić information content (AvgIpc) is 3.59. The van der Waals surface area contributed by atoms with Crippen LogP contribution in [-0.4, -0.2) is 81.1 Å². The lowest BCUT2D eigenvalue weighted by Crippen LogP contribution is -2.51. The highest BCUT2D eigenvalue weighted by molar-refractivity contribution is 5.93. The van der Waals surface area contributed by atoms with Crippen LogP contribution in [0.1, 0.15) is 29.8 Å². The van der Waals surface area contributed by atoms with Gasteiger partial charge in [0.05, 0.1) is 17.3 Å². The minimum Gasteiger partial charge on any atom is -0.508 e. The Labute approximate surface area is 232 Å². The molecule has 2 aromatic carbocycles. The van der Waals surface area contributed by atoms with Gasteiger partial charge in [0.25, 0.3) is 5.56 Å². The number of hydrogen-bond donors (Lipinski definition) is 2. The SMILES string of the molecule is [2H]C([2H])([2H])N1CCC[C@H]1COc1nc(N2C[C@H]3CC[C@@H](C2)N3)c2cnn(-c3cc(O)cc4ccc(F)c(F)c34)c(=O)c2n1. The van der Waals surface area contributed by atoms with Crippen molar-refractivity contribution in [2.24, 2.45) is 0 Å². The Kier molecular flexibility index (Phi) is 5.26. The number of aromatic nitrogens is 4. The third kappa shape index (κ3) is 4.22. The Morgan fingerprint density at radius 3 is 2.80 bits per heavy atom. The summed E-state index contributed by atoms with van der Waals surface area (Å²) in [6, 6.07) is 4.69. The lowest BCUT2D eigenvalue weighted by Gasteiger charge is -2.34. The first-order valence-corrected chi connectivity index (χ1v) is 13.4. The number of likely N-dealkylation sites (tertiary alicyclic amines) is 1. The molecule has 12 heteroatoms. The molecule has 0 spiro atoms. The van der Waals surface area contributed by atoms with E-state index in [2.05, 4.69) is 25.3 Å². The van der Waals surface area contributed by atoms with Crippen molar-refractivity contribution in [3.05, 3.63) is 52.5 Å². The molecule has 3 aliphatic rings. The summed E-state index contributed by atoms with van der Waals surface area (Å²) in [4.78, 5) is 26.6. The zero-order valence-electron chi connectivity index (χ0n) is 24.5. The molecular formula is C28H29F2N7O3. The highest BCUT2D eigenvalue weighted by Gasteiger charge is 2.34. The number of halogens is 2. The van der Waals surface area contributed by atoms with Gasteiger partial charge in [0.15, 0.2) is 11.6 Å². The van der Waals surface area contributed by atoms with E-state index >= 15 is 4.39 Å². The van der Waals surface area contributed by atoms with Crippen molar-refractivity contribution < 1.29 is 22.7 Å². The molecule has 2 bridgehead atoms. The van der Waals surface area contributed by atoms with Crippen LogP contribution in [-0.2, 0) is 0 Å². The van der Waals surface area contributed by atoms with Gasteiger partial charge in [-0.1, -0.05) is 6.07 Å². The van der Waals surface area contributed by atoms with E-state index in [1.807, 2.05) is 0 Å². The van der Waals surface area contributed by atoms with Gasteiger partial charge in [0.1, 0.15) is 23.7 Å². The van der Waals surface area contributed by atoms with E-state index in [4.69, 9.17) is 8.85 Å². The van der Waals surface area contributed by atoms with Crippen LogP contribution in [0, 0.1) is 11.6 Å². The van der Waals surface area contributed by atoms with Gasteiger partial charge in [-0.2, -0.15) is 19.7 Å². The Morgan fingerprint density at radius 2 is 2.00 bits per heavy atom. The first kappa shape index (κ1) is 21.9. The Balaban J connectivity index is 1.35. The fraction of sp³-hybridized carbons (Fsp3) is 0.429. The number of fused-ring (bicyclic) bond motifs is 4. The molecule has 2 aromatic heterocycles. The standard InChI is InChI=1S/C28H29F2N7O3/c1-35-8-2-3-18(35)14-40-28-33-25-20(26(34-28)36-12-16-5-6-17(13-36)32-16)11-31-37(27(25)39)22-10-19(38)9-15-4-7-21(29)24(30)23(15)22/h4,7,9-11,16-18,32,38H,2-3,5-6,8,12-14H2,1H3/t16-,17+,18-/m0/s1/i1D3. The Morgan fingerprint density at radius 1 is 1.18 bits per heavy atom. The lowest BCUT2D eigenvalue weighted by molar-refractivity contribution is 0.188. The van der Waals surface area contributed by atoms with Gasteiger partial charge >= 0.3 is 6.01 Å². The molecule has 3 saturated heterocycles. The number of piperazine rings is 1. The number of aromatic hydroxyl groups is 1. The molecular weight excluding hydrogens is 520 g/mol. The second-order valence-corrected chi connectivity index (χ2v) is 10.7. The summed E-state index contributed by atoms with van der Waals surface area (Å²) in [5, 5.41) is 18.5. The normalized spacial score (nSPS) is 24.4. The predicted molar refractivity (Wildman–Crippen MR) is 145 cm³/mol. The number of hydrogen-bond acceptors (Lipinski definition) is 9. The number of rotatable bonds is 5. The molecule has 5 heterocycles. The summed E-state index contributed by atoms with van der Waals surface area (Å²) in [5.74, 6) is -2.10. The molecule has 7 rings (SSSR count). The second kappa shape index (κ2) is 9.63. The number of ether oxygens (including phenoxy) is 1. The van der Waals surface area contributed by atoms with E-state index in [0.717, 1.165) is 29.7 Å². The first-order valence-electron chi connectivity index (χ1n) is 14.9. The molecule has 3 aliphatic heterocycles. The molecule has 40 heavy (non-hydrogen) atoms. The van der Waals surface area contributed by atoms with Gasteiger partial charge in [-0.25, -0.2) is 8.78 Å². The highest BCUT2D eigenvalue weighted by Crippen LogP contribution is 2.32. The maximum absolute atomic E-state index is 15.0. The van der Waals surface area contributed by atoms with E-state index in [0.29, 0.717) is 43.7 Å². The molecule has 0 aliphatic carbocycles. The molecule has 3 fully saturated rings. The van der Waals surface area contributed by atoms with Crippen molar-refractivity contribution in [2.45, 2.75) is 43.8 Å². The van der Waals surface area contributed by atoms with Gasteiger partial charge in [-0.3, -0.25) is 4.79 Å². The third-order valence-corrected chi connectivity index (χ3v) is 8.10. The lowest BCUT2D eigenvalue weighted by atomic mass is 10.1. The minimum absolute atomic E-state index is 0.0110. The smallest absolute Gasteiger partial charge is 0.319 e. The van der Waals surface area contributed by atoms with Crippen LogP contribution in [0.25, 0.3) is 27.4 Å². The van der Waals surface area contributed by atoms with Gasteiger partial charge in [0.2, 0.25) is 0 Å². The van der Waals surface area contributed by atoms with E-state index in [-0.39, 0.29) is 58.5 Å². The van der Waals surface area contributed by atoms with E-state index in [9.17, 15) is 14.3 Å². The molecule has 3 atom stereocenters. The minimum atomic E-state index is -2.27. The van der Waals surface area contributed by atoms with Gasteiger partial charge in [-0.05, 0) is 56.7 Å². The molecule has 10 nitrogen and oxygen atoms in total. The van der Waals surface area contributed by atoms with Gasteiger partial charge in [-0.15, -0.1) is 0 Å². The number of phenolic OH excluding ortho intramolecular Hbond substituents is 1. The number of benzene rings is 2. The topological polar surface area (TPSA) is 109 Å². The quantitative estimate of drug-likeness (QED) is 0.386. The van der Waals surface area contributed by atoms with Crippen LogP contribution >= 0.6 is 0 Å². The van der Waals surface area contributed by atoms with E-state index < -0.39 is 24.2 Å². The van der Waals surface area contributed by atoms with E-state index in [1.54, 1.807) is 0 Å². The number of likely N-dealkylation sites (N-methyl/N-ethyl adjacent to an activating group) is 1. The fourth-order valence-corrected chi connectivity index (χ4v) is 6.14. The van der Waals surface area contributed by atoms with Crippen molar-refractivity contribution in [2.75, 3.05) is 38.1 Å². The Hall–Kier alpha value is -3.90. The highest BCUT2D eigenvalue weighted by atomic mass is 19.2. The summed E-state index contributed by atoms with van der Waals surface area (Å²) < 4.78 is 59.7. The summed E-state index contributed by atoms with van der Waals surface area (Å²) >= 11 is 0. The van der Waals surface area contributed by atoms with Crippen LogP contribution in [0.4, 0.5) is 14.6 Å². The van der Waals surface area contributed by atoms with Crippen molar-refractivity contribution in [1.82, 2.24) is 30.0 Å². The summed E-state index contributed by atoms with van der Waals surface area (Å²) in [5.41, 5.74) is -0.959. The summed E-state index contributed by atoms with van der Waals surface area (Å²) in [6.45, 7) is -0.552. The Bertz CT molecular complexity index is 1790. The third-order valence-electron chi connectivity index (χ3n) is 8.10. The molecule has 0 radical (unpaired) electrons. The zero-order chi connectivity index (χ0) is 30.0. The molecule has 0 amide bonds. The number of phenols is 1. The molecule has 208 valence electrons. The van der Waals surface area contributed by atoms with Crippen LogP contribution in [0.5, 0.6) is 11.8 Å². The van der Waals surface area contributed by atoms with Gasteiger partial charge in [0, 0.05) is 46.8 Å². The number of nitrogens with one attached hydrogen (secondary N) is 1. The van der Waals surface area contributed by atoms with Crippen LogP contribution in [0.15, 0.2) is 35.3 Å². The maximum Gasteiger partial charge on any atom is 0.319 e. The van der Waals surface area contributed by atoms with Crippen LogP contribution in [0.3, 0.4) is 0 Å². The molecule has 0 unspecified atom stereocenters. The van der Waals surface area contributed by atoms with Crippen LogP contribution < -0.4 is 20.5 Å². The monoisotopic (exact) mass is 552 g/mol. The van der Waals surface area contributed by atoms with Crippen LogP contribution in [0.2, 0.25) is 0 Å². The number of anilines is 1. The predicted octanol–water partition coefficient (Wildman–Crippen LogP) is 2.73. The molecule has 2 N–H and O–H groups in total. The zero-order valence-corrected chi connectivity index (χ0v) is 21.5. The largest absolute Gasteiger partial charge is 0.508 e. The first-order chi connectivity index (χ1) is 20.6. The summed E-state index contributed by atoms with van der Waals surface area (Å²) in [6.07, 6.45) is 4.77. The van der Waals surface area contributed by atoms with Crippen molar-refractivity contribution >= 4 is 27.5 Å². The number of nitrogens with zero attached hydrogens (tertiary/aromatic N) is 6. The average molecular weight is 553 g/mol. The van der Waals surface area contributed by atoms with Crippen molar-refractivity contribution in [3.8, 4) is 17.4 Å². The maximum atomic E-state index is 15.0. The van der Waals surface area contributed by atoms with E-state index in [1.165, 1.54) is 23.2 Å². The van der Waals surface area contributed by atoms with Crippen molar-refractivity contribution in [3.63, 3.8) is 0 Å². The molecule has 4 aromatic rings. The summed E-state index contributed by atoms with van der Waals surface area (Å²) in [7, 11) is 0. The fourth-order valence-electron chi connectivity index (χ4n) is 6.14. The molecule has 0 saturated carbocycles.